The molecule has 0 aliphatic heterocycles. The van der Waals surface area contributed by atoms with Gasteiger partial charge in [0.1, 0.15) is 0 Å². The summed E-state index contributed by atoms with van der Waals surface area (Å²) in [5, 5.41) is 3.21. The third kappa shape index (κ3) is 5.16. The summed E-state index contributed by atoms with van der Waals surface area (Å²) in [5.74, 6) is 0. The van der Waals surface area contributed by atoms with Crippen molar-refractivity contribution in [3.05, 3.63) is 0 Å². The fourth-order valence-corrected chi connectivity index (χ4v) is 1.49. The SMILES string of the molecule is CCCC(CNC1CC1)OC(C)C(F)(F)F. The Morgan fingerprint density at radius 1 is 1.38 bits per heavy atom. The van der Waals surface area contributed by atoms with E-state index in [2.05, 4.69) is 5.32 Å². The Balaban J connectivity index is 2.30. The van der Waals surface area contributed by atoms with Crippen LogP contribution in [0.1, 0.15) is 39.5 Å². The van der Waals surface area contributed by atoms with Gasteiger partial charge < -0.3 is 10.1 Å². The van der Waals surface area contributed by atoms with Gasteiger partial charge in [0.05, 0.1) is 6.10 Å². The topological polar surface area (TPSA) is 21.3 Å². The summed E-state index contributed by atoms with van der Waals surface area (Å²) in [7, 11) is 0. The quantitative estimate of drug-likeness (QED) is 0.737. The van der Waals surface area contributed by atoms with Crippen molar-refractivity contribution in [3.8, 4) is 0 Å². The van der Waals surface area contributed by atoms with Gasteiger partial charge in [-0.2, -0.15) is 13.2 Å². The van der Waals surface area contributed by atoms with Crippen LogP contribution < -0.4 is 5.32 Å². The summed E-state index contributed by atoms with van der Waals surface area (Å²) in [4.78, 5) is 0. The maximum Gasteiger partial charge on any atom is 0.414 e. The summed E-state index contributed by atoms with van der Waals surface area (Å²) in [6.45, 7) is 3.55. The highest BCUT2D eigenvalue weighted by Crippen LogP contribution is 2.25. The van der Waals surface area contributed by atoms with Gasteiger partial charge in [-0.15, -0.1) is 0 Å². The molecule has 0 radical (unpaired) electrons. The number of ether oxygens (including phenoxy) is 1. The van der Waals surface area contributed by atoms with Gasteiger partial charge in [-0.25, -0.2) is 0 Å². The van der Waals surface area contributed by atoms with E-state index in [0.717, 1.165) is 26.2 Å². The maximum atomic E-state index is 12.3. The number of nitrogens with one attached hydrogen (secondary N) is 1. The Bertz CT molecular complexity index is 204. The Morgan fingerprint density at radius 3 is 2.44 bits per heavy atom. The molecule has 1 saturated carbocycles. The van der Waals surface area contributed by atoms with Gasteiger partial charge in [-0.3, -0.25) is 0 Å². The van der Waals surface area contributed by atoms with E-state index >= 15 is 0 Å². The van der Waals surface area contributed by atoms with E-state index in [4.69, 9.17) is 4.74 Å². The molecule has 16 heavy (non-hydrogen) atoms. The fourth-order valence-electron chi connectivity index (χ4n) is 1.49. The van der Waals surface area contributed by atoms with Crippen LogP contribution in [0.4, 0.5) is 13.2 Å². The monoisotopic (exact) mass is 239 g/mol. The van der Waals surface area contributed by atoms with E-state index < -0.39 is 12.3 Å². The first kappa shape index (κ1) is 13.8. The molecular weight excluding hydrogens is 219 g/mol. The first-order valence-electron chi connectivity index (χ1n) is 5.89. The predicted octanol–water partition coefficient (Wildman–Crippen LogP) is 2.87. The first-order valence-corrected chi connectivity index (χ1v) is 5.89. The minimum Gasteiger partial charge on any atom is -0.365 e. The molecule has 1 rings (SSSR count). The molecule has 0 saturated heterocycles. The Kier molecular flexibility index (Phi) is 5.05. The van der Waals surface area contributed by atoms with Crippen LogP contribution >= 0.6 is 0 Å². The second kappa shape index (κ2) is 5.87. The molecule has 1 N–H and O–H groups in total. The van der Waals surface area contributed by atoms with Gasteiger partial charge in [0, 0.05) is 12.6 Å². The van der Waals surface area contributed by atoms with Crippen molar-refractivity contribution in [2.45, 2.75) is 64.0 Å². The Hall–Kier alpha value is -0.290. The standard InChI is InChI=1S/C11H20F3NO/c1-3-4-10(7-15-9-5-6-9)16-8(2)11(12,13)14/h8-10,15H,3-7H2,1-2H3. The molecule has 2 atom stereocenters. The molecule has 0 amide bonds. The average molecular weight is 239 g/mol. The summed E-state index contributed by atoms with van der Waals surface area (Å²) in [5.41, 5.74) is 0. The van der Waals surface area contributed by atoms with Crippen LogP contribution in [-0.2, 0) is 4.74 Å². The number of hydrogen-bond donors (Lipinski definition) is 1. The number of alkyl halides is 3. The van der Waals surface area contributed by atoms with Crippen molar-refractivity contribution >= 4 is 0 Å². The van der Waals surface area contributed by atoms with Crippen LogP contribution in [0.2, 0.25) is 0 Å². The zero-order chi connectivity index (χ0) is 12.2. The van der Waals surface area contributed by atoms with Gasteiger partial charge in [0.2, 0.25) is 0 Å². The van der Waals surface area contributed by atoms with Crippen LogP contribution in [0.15, 0.2) is 0 Å². The molecule has 1 fully saturated rings. The number of rotatable bonds is 7. The van der Waals surface area contributed by atoms with Crippen molar-refractivity contribution in [2.75, 3.05) is 6.54 Å². The van der Waals surface area contributed by atoms with E-state index in [1.54, 1.807) is 0 Å². The smallest absolute Gasteiger partial charge is 0.365 e. The van der Waals surface area contributed by atoms with Gasteiger partial charge in [0.15, 0.2) is 6.10 Å². The van der Waals surface area contributed by atoms with Crippen LogP contribution in [0, 0.1) is 0 Å². The lowest BCUT2D eigenvalue weighted by molar-refractivity contribution is -0.226. The van der Waals surface area contributed by atoms with Gasteiger partial charge >= 0.3 is 6.18 Å². The van der Waals surface area contributed by atoms with Crippen molar-refractivity contribution in [1.29, 1.82) is 0 Å². The zero-order valence-corrected chi connectivity index (χ0v) is 9.81. The Morgan fingerprint density at radius 2 is 2.00 bits per heavy atom. The lowest BCUT2D eigenvalue weighted by Crippen LogP contribution is -2.38. The van der Waals surface area contributed by atoms with Crippen LogP contribution in [0.25, 0.3) is 0 Å². The second-order valence-corrected chi connectivity index (χ2v) is 4.41. The van der Waals surface area contributed by atoms with Crippen molar-refractivity contribution in [1.82, 2.24) is 5.32 Å². The molecule has 2 nitrogen and oxygen atoms in total. The second-order valence-electron chi connectivity index (χ2n) is 4.41. The van der Waals surface area contributed by atoms with Gasteiger partial charge in [-0.1, -0.05) is 13.3 Å². The largest absolute Gasteiger partial charge is 0.414 e. The fraction of sp³-hybridized carbons (Fsp3) is 1.00. The minimum atomic E-state index is -4.26. The molecule has 96 valence electrons. The summed E-state index contributed by atoms with van der Waals surface area (Å²) >= 11 is 0. The molecule has 0 heterocycles. The summed E-state index contributed by atoms with van der Waals surface area (Å²) < 4.78 is 42.0. The van der Waals surface area contributed by atoms with E-state index in [1.807, 2.05) is 6.92 Å². The summed E-state index contributed by atoms with van der Waals surface area (Å²) in [6.07, 6.45) is -2.50. The molecule has 1 aliphatic carbocycles. The van der Waals surface area contributed by atoms with Gasteiger partial charge in [0.25, 0.3) is 0 Å². The summed E-state index contributed by atoms with van der Waals surface area (Å²) in [6, 6.07) is 0.504. The number of hydrogen-bond acceptors (Lipinski definition) is 2. The third-order valence-corrected chi connectivity index (χ3v) is 2.68. The average Bonchev–Trinajstić information content (AvgIpc) is 2.96. The zero-order valence-electron chi connectivity index (χ0n) is 9.81. The highest BCUT2D eigenvalue weighted by molar-refractivity contribution is 4.82. The highest BCUT2D eigenvalue weighted by atomic mass is 19.4. The van der Waals surface area contributed by atoms with Crippen LogP contribution in [-0.4, -0.2) is 31.0 Å². The first-order chi connectivity index (χ1) is 7.43. The molecule has 2 unspecified atom stereocenters. The molecule has 5 heteroatoms. The minimum absolute atomic E-state index is 0.331. The van der Waals surface area contributed by atoms with E-state index in [1.165, 1.54) is 0 Å². The lowest BCUT2D eigenvalue weighted by atomic mass is 10.2. The molecule has 0 aromatic rings. The van der Waals surface area contributed by atoms with Crippen LogP contribution in [0.5, 0.6) is 0 Å². The third-order valence-electron chi connectivity index (χ3n) is 2.68. The highest BCUT2D eigenvalue weighted by Gasteiger charge is 2.38. The van der Waals surface area contributed by atoms with Crippen molar-refractivity contribution < 1.29 is 17.9 Å². The maximum absolute atomic E-state index is 12.3. The van der Waals surface area contributed by atoms with Crippen molar-refractivity contribution in [2.24, 2.45) is 0 Å². The lowest BCUT2D eigenvalue weighted by Gasteiger charge is -2.24. The van der Waals surface area contributed by atoms with Gasteiger partial charge in [-0.05, 0) is 26.2 Å². The number of halogens is 3. The molecule has 0 spiro atoms. The molecular formula is C11H20F3NO. The molecule has 0 bridgehead atoms. The molecule has 1 aliphatic rings. The molecule has 0 aromatic heterocycles. The predicted molar refractivity (Wildman–Crippen MR) is 56.3 cm³/mol. The molecule has 0 aromatic carbocycles. The van der Waals surface area contributed by atoms with E-state index in [0.29, 0.717) is 19.0 Å². The van der Waals surface area contributed by atoms with Crippen molar-refractivity contribution in [3.63, 3.8) is 0 Å². The van der Waals surface area contributed by atoms with E-state index in [9.17, 15) is 13.2 Å². The van der Waals surface area contributed by atoms with Crippen LogP contribution in [0.3, 0.4) is 0 Å². The Labute approximate surface area is 94.5 Å². The normalized spacial score (nSPS) is 20.8. The van der Waals surface area contributed by atoms with E-state index in [-0.39, 0.29) is 6.10 Å².